The van der Waals surface area contributed by atoms with Crippen LogP contribution in [0.1, 0.15) is 68.8 Å². The number of nitrogens with zero attached hydrogens (tertiary/aromatic N) is 4. The summed E-state index contributed by atoms with van der Waals surface area (Å²) in [6, 6.07) is 10.2. The molecular formula is C28H36N4O2. The molecule has 1 amide bonds. The number of carbonyl (C=O) groups is 1. The van der Waals surface area contributed by atoms with Crippen LogP contribution in [0.15, 0.2) is 36.5 Å². The zero-order valence-electron chi connectivity index (χ0n) is 21.0. The van der Waals surface area contributed by atoms with Crippen LogP contribution in [0.4, 0.5) is 0 Å². The molecule has 4 rings (SSSR count). The Labute approximate surface area is 203 Å². The van der Waals surface area contributed by atoms with Gasteiger partial charge >= 0.3 is 0 Å². The van der Waals surface area contributed by atoms with E-state index < -0.39 is 5.60 Å². The van der Waals surface area contributed by atoms with Crippen LogP contribution in [-0.2, 0) is 10.4 Å². The molecule has 1 N–H and O–H groups in total. The minimum absolute atomic E-state index is 0.126. The first-order valence-corrected chi connectivity index (χ1v) is 12.2. The van der Waals surface area contributed by atoms with E-state index in [2.05, 4.69) is 66.9 Å². The lowest BCUT2D eigenvalue weighted by atomic mass is 9.62. The third-order valence-corrected chi connectivity index (χ3v) is 7.52. The maximum atomic E-state index is 12.3. The summed E-state index contributed by atoms with van der Waals surface area (Å²) in [4.78, 5) is 15.7. The van der Waals surface area contributed by atoms with Crippen molar-refractivity contribution in [3.8, 4) is 11.8 Å². The Kier molecular flexibility index (Phi) is 6.80. The SMILES string of the molecule is CC(=O)N1CCC(C#Cc2cc([C@@](O)(c3ccc(C(C)C)cc3)C3(C)CN(C)C3)cnn2)CC1. The number of aliphatic hydroxyl groups is 1. The van der Waals surface area contributed by atoms with Gasteiger partial charge in [0.05, 0.1) is 6.20 Å². The summed E-state index contributed by atoms with van der Waals surface area (Å²) in [6.07, 6.45) is 3.42. The molecule has 2 aliphatic rings. The van der Waals surface area contributed by atoms with Crippen LogP contribution in [0.25, 0.3) is 0 Å². The number of hydrogen-bond acceptors (Lipinski definition) is 5. The quantitative estimate of drug-likeness (QED) is 0.709. The zero-order chi connectivity index (χ0) is 24.5. The minimum Gasteiger partial charge on any atom is -0.380 e. The first-order chi connectivity index (χ1) is 16.1. The number of rotatable bonds is 4. The molecule has 0 saturated carbocycles. The molecule has 2 saturated heterocycles. The topological polar surface area (TPSA) is 69.6 Å². The molecular weight excluding hydrogens is 424 g/mol. The second-order valence-electron chi connectivity index (χ2n) is 10.6. The van der Waals surface area contributed by atoms with Crippen molar-refractivity contribution in [1.29, 1.82) is 0 Å². The van der Waals surface area contributed by atoms with Crippen LogP contribution in [0, 0.1) is 23.2 Å². The van der Waals surface area contributed by atoms with Crippen molar-refractivity contribution in [3.63, 3.8) is 0 Å². The summed E-state index contributed by atoms with van der Waals surface area (Å²) < 4.78 is 0. The second-order valence-corrected chi connectivity index (χ2v) is 10.6. The first-order valence-electron chi connectivity index (χ1n) is 12.2. The Morgan fingerprint density at radius 3 is 2.38 bits per heavy atom. The molecule has 0 spiro atoms. The maximum absolute atomic E-state index is 12.3. The van der Waals surface area contributed by atoms with Crippen LogP contribution in [-0.4, -0.2) is 64.2 Å². The Bertz CT molecular complexity index is 1090. The van der Waals surface area contributed by atoms with Crippen molar-refractivity contribution in [2.24, 2.45) is 11.3 Å². The summed E-state index contributed by atoms with van der Waals surface area (Å²) in [5, 5.41) is 20.8. The molecule has 2 fully saturated rings. The average Bonchev–Trinajstić information content (AvgIpc) is 2.81. The Hall–Kier alpha value is -2.75. The van der Waals surface area contributed by atoms with Gasteiger partial charge in [-0.1, -0.05) is 51.0 Å². The van der Waals surface area contributed by atoms with Gasteiger partial charge in [-0.2, -0.15) is 5.10 Å². The van der Waals surface area contributed by atoms with Crippen LogP contribution in [0.2, 0.25) is 0 Å². The molecule has 0 radical (unpaired) electrons. The normalized spacial score (nSPS) is 20.3. The zero-order valence-corrected chi connectivity index (χ0v) is 21.0. The Morgan fingerprint density at radius 1 is 1.18 bits per heavy atom. The highest BCUT2D eigenvalue weighted by Gasteiger charge is 2.55. The molecule has 2 aromatic rings. The lowest BCUT2D eigenvalue weighted by molar-refractivity contribution is -0.129. The molecule has 180 valence electrons. The van der Waals surface area contributed by atoms with Gasteiger partial charge in [-0.15, -0.1) is 5.10 Å². The number of carbonyl (C=O) groups excluding carboxylic acids is 1. The number of benzene rings is 1. The molecule has 1 aromatic heterocycles. The lowest BCUT2D eigenvalue weighted by Crippen LogP contribution is -2.63. The van der Waals surface area contributed by atoms with Gasteiger partial charge in [0, 0.05) is 50.0 Å². The summed E-state index contributed by atoms with van der Waals surface area (Å²) in [7, 11) is 2.07. The summed E-state index contributed by atoms with van der Waals surface area (Å²) in [5.41, 5.74) is 1.86. The van der Waals surface area contributed by atoms with Crippen molar-refractivity contribution in [2.75, 3.05) is 33.2 Å². The average molecular weight is 461 g/mol. The fourth-order valence-corrected chi connectivity index (χ4v) is 5.49. The number of hydrogen-bond donors (Lipinski definition) is 1. The van der Waals surface area contributed by atoms with Gasteiger partial charge in [0.1, 0.15) is 11.3 Å². The molecule has 3 heterocycles. The van der Waals surface area contributed by atoms with Gasteiger partial charge < -0.3 is 14.9 Å². The molecule has 0 aliphatic carbocycles. The molecule has 6 heteroatoms. The molecule has 0 unspecified atom stereocenters. The summed E-state index contributed by atoms with van der Waals surface area (Å²) in [6.45, 7) is 11.2. The number of amides is 1. The van der Waals surface area contributed by atoms with Crippen molar-refractivity contribution in [1.82, 2.24) is 20.0 Å². The molecule has 2 aliphatic heterocycles. The van der Waals surface area contributed by atoms with E-state index in [0.29, 0.717) is 11.6 Å². The Balaban J connectivity index is 1.64. The summed E-state index contributed by atoms with van der Waals surface area (Å²) >= 11 is 0. The highest BCUT2D eigenvalue weighted by molar-refractivity contribution is 5.73. The van der Waals surface area contributed by atoms with E-state index in [1.54, 1.807) is 13.1 Å². The molecule has 34 heavy (non-hydrogen) atoms. The molecule has 6 nitrogen and oxygen atoms in total. The van der Waals surface area contributed by atoms with E-state index in [9.17, 15) is 9.90 Å². The van der Waals surface area contributed by atoms with Crippen molar-refractivity contribution < 1.29 is 9.90 Å². The van der Waals surface area contributed by atoms with Crippen molar-refractivity contribution in [2.45, 2.75) is 52.1 Å². The van der Waals surface area contributed by atoms with Gasteiger partial charge in [0.25, 0.3) is 0 Å². The highest BCUT2D eigenvalue weighted by Crippen LogP contribution is 2.50. The third-order valence-electron chi connectivity index (χ3n) is 7.52. The fraction of sp³-hybridized carbons (Fsp3) is 0.536. The van der Waals surface area contributed by atoms with E-state index in [0.717, 1.165) is 50.1 Å². The van der Waals surface area contributed by atoms with E-state index in [1.165, 1.54) is 5.56 Å². The van der Waals surface area contributed by atoms with E-state index in [1.807, 2.05) is 23.1 Å². The van der Waals surface area contributed by atoms with Gasteiger partial charge in [0.2, 0.25) is 5.91 Å². The predicted octanol–water partition coefficient (Wildman–Crippen LogP) is 3.40. The Morgan fingerprint density at radius 2 is 1.82 bits per heavy atom. The smallest absolute Gasteiger partial charge is 0.219 e. The second kappa shape index (κ2) is 9.48. The lowest BCUT2D eigenvalue weighted by Gasteiger charge is -2.55. The fourth-order valence-electron chi connectivity index (χ4n) is 5.49. The predicted molar refractivity (Wildman–Crippen MR) is 133 cm³/mol. The van der Waals surface area contributed by atoms with Gasteiger partial charge in [-0.25, -0.2) is 0 Å². The van der Waals surface area contributed by atoms with Crippen LogP contribution in [0.5, 0.6) is 0 Å². The first kappa shape index (κ1) is 24.4. The maximum Gasteiger partial charge on any atom is 0.219 e. The van der Waals surface area contributed by atoms with Gasteiger partial charge in [0.15, 0.2) is 0 Å². The molecule has 1 aromatic carbocycles. The standard InChI is InChI=1S/C28H36N4O2/c1-20(2)23-7-9-24(10-8-23)28(34,27(4)18-31(5)19-27)25-16-26(30-29-17-25)11-6-22-12-14-32(15-13-22)21(3)33/h7-10,16-17,20,22,34H,12-15,18-19H2,1-5H3/t28-/m0/s1. The summed E-state index contributed by atoms with van der Waals surface area (Å²) in [5.74, 6) is 7.32. The van der Waals surface area contributed by atoms with Crippen molar-refractivity contribution in [3.05, 3.63) is 58.9 Å². The number of aromatic nitrogens is 2. The van der Waals surface area contributed by atoms with E-state index in [-0.39, 0.29) is 17.2 Å². The van der Waals surface area contributed by atoms with Crippen LogP contribution < -0.4 is 0 Å². The van der Waals surface area contributed by atoms with Crippen LogP contribution in [0.3, 0.4) is 0 Å². The third kappa shape index (κ3) is 4.60. The van der Waals surface area contributed by atoms with Gasteiger partial charge in [-0.3, -0.25) is 4.79 Å². The minimum atomic E-state index is -1.20. The monoisotopic (exact) mass is 460 g/mol. The van der Waals surface area contributed by atoms with Crippen molar-refractivity contribution >= 4 is 5.91 Å². The number of piperidine rings is 1. The van der Waals surface area contributed by atoms with Crippen LogP contribution >= 0.6 is 0 Å². The van der Waals surface area contributed by atoms with E-state index in [4.69, 9.17) is 0 Å². The molecule has 0 bridgehead atoms. The molecule has 1 atom stereocenters. The van der Waals surface area contributed by atoms with E-state index >= 15 is 0 Å². The highest BCUT2D eigenvalue weighted by atomic mass is 16.3. The van der Waals surface area contributed by atoms with Gasteiger partial charge in [-0.05, 0) is 48.9 Å². The largest absolute Gasteiger partial charge is 0.380 e. The number of likely N-dealkylation sites (tertiary alicyclic amines) is 2.